The average molecular weight is 315 g/mol. The van der Waals surface area contributed by atoms with Crippen LogP contribution in [0.15, 0.2) is 23.6 Å². The number of hydrogen-bond donors (Lipinski definition) is 2. The third kappa shape index (κ3) is 5.54. The van der Waals surface area contributed by atoms with Crippen molar-refractivity contribution in [3.8, 4) is 0 Å². The van der Waals surface area contributed by atoms with Crippen LogP contribution >= 0.6 is 0 Å². The molecule has 0 amide bonds. The van der Waals surface area contributed by atoms with Crippen LogP contribution in [0.2, 0.25) is 0 Å². The second kappa shape index (κ2) is 7.54. The fourth-order valence-corrected chi connectivity index (χ4v) is 3.91. The summed E-state index contributed by atoms with van der Waals surface area (Å²) in [6, 6.07) is -0.201. The molecule has 0 spiro atoms. The maximum atomic E-state index is 11.2. The summed E-state index contributed by atoms with van der Waals surface area (Å²) in [4.78, 5) is 0. The fourth-order valence-electron chi connectivity index (χ4n) is 2.64. The Balaban J connectivity index is 1.59. The predicted molar refractivity (Wildman–Crippen MR) is 82.6 cm³/mol. The van der Waals surface area contributed by atoms with E-state index in [1.165, 1.54) is 5.41 Å². The first-order chi connectivity index (χ1) is 9.96. The lowest BCUT2D eigenvalue weighted by atomic mass is 9.85. The van der Waals surface area contributed by atoms with Gasteiger partial charge in [0.2, 0.25) is 0 Å². The average Bonchev–Trinajstić information content (AvgIpc) is 2.78. The standard InChI is InChI=1S/C15H25NO4S/c1-12-4-2-3-5-13(12)9-20-10-15(17)8-16-14-6-7-21(18,19)11-14/h2-3,6-7,12-17H,4-5,8-11H2,1H3. The van der Waals surface area contributed by atoms with Gasteiger partial charge in [0, 0.05) is 18.0 Å². The van der Waals surface area contributed by atoms with Gasteiger partial charge in [0.05, 0.1) is 25.1 Å². The summed E-state index contributed by atoms with van der Waals surface area (Å²) >= 11 is 0. The summed E-state index contributed by atoms with van der Waals surface area (Å²) in [7, 11) is -3.04. The molecule has 6 heteroatoms. The van der Waals surface area contributed by atoms with Crippen LogP contribution in [-0.4, -0.2) is 51.2 Å². The summed E-state index contributed by atoms with van der Waals surface area (Å²) < 4.78 is 28.1. The van der Waals surface area contributed by atoms with Crippen LogP contribution in [0.1, 0.15) is 19.8 Å². The molecule has 0 aromatic carbocycles. The van der Waals surface area contributed by atoms with Gasteiger partial charge >= 0.3 is 0 Å². The maximum Gasteiger partial charge on any atom is 0.173 e. The Morgan fingerprint density at radius 1 is 1.38 bits per heavy atom. The quantitative estimate of drug-likeness (QED) is 0.682. The summed E-state index contributed by atoms with van der Waals surface area (Å²) in [6.45, 7) is 3.51. The van der Waals surface area contributed by atoms with Crippen molar-refractivity contribution >= 4 is 9.84 Å². The highest BCUT2D eigenvalue weighted by Gasteiger charge is 2.22. The van der Waals surface area contributed by atoms with Crippen molar-refractivity contribution in [2.75, 3.05) is 25.5 Å². The summed E-state index contributed by atoms with van der Waals surface area (Å²) in [5.74, 6) is 1.23. The Morgan fingerprint density at radius 2 is 2.14 bits per heavy atom. The van der Waals surface area contributed by atoms with E-state index >= 15 is 0 Å². The molecule has 5 nitrogen and oxygen atoms in total. The van der Waals surface area contributed by atoms with Gasteiger partial charge < -0.3 is 15.2 Å². The van der Waals surface area contributed by atoms with Crippen LogP contribution in [0, 0.1) is 11.8 Å². The number of ether oxygens (including phenoxy) is 1. The first-order valence-corrected chi connectivity index (χ1v) is 9.23. The van der Waals surface area contributed by atoms with Gasteiger partial charge in [-0.05, 0) is 24.7 Å². The van der Waals surface area contributed by atoms with Crippen LogP contribution in [0.4, 0.5) is 0 Å². The number of aliphatic hydroxyl groups excluding tert-OH is 1. The van der Waals surface area contributed by atoms with Crippen LogP contribution in [0.3, 0.4) is 0 Å². The molecule has 2 aliphatic rings. The predicted octanol–water partition coefficient (Wildman–Crippen LogP) is 0.867. The number of rotatable bonds is 7. The van der Waals surface area contributed by atoms with Crippen molar-refractivity contribution in [3.63, 3.8) is 0 Å². The minimum atomic E-state index is -3.04. The second-order valence-electron chi connectivity index (χ2n) is 6.04. The zero-order valence-corrected chi connectivity index (χ0v) is 13.3. The maximum absolute atomic E-state index is 11.2. The second-order valence-corrected chi connectivity index (χ2v) is 7.98. The van der Waals surface area contributed by atoms with E-state index in [4.69, 9.17) is 4.74 Å². The Morgan fingerprint density at radius 3 is 2.81 bits per heavy atom. The van der Waals surface area contributed by atoms with E-state index in [1.807, 2.05) is 0 Å². The van der Waals surface area contributed by atoms with Crippen molar-refractivity contribution in [3.05, 3.63) is 23.6 Å². The first-order valence-electron chi connectivity index (χ1n) is 7.51. The fraction of sp³-hybridized carbons (Fsp3) is 0.733. The Labute approximate surface area is 127 Å². The lowest BCUT2D eigenvalue weighted by Crippen LogP contribution is -2.38. The molecule has 4 atom stereocenters. The van der Waals surface area contributed by atoms with E-state index in [1.54, 1.807) is 6.08 Å². The van der Waals surface area contributed by atoms with E-state index in [0.717, 1.165) is 12.8 Å². The smallest absolute Gasteiger partial charge is 0.173 e. The Bertz CT molecular complexity index is 486. The Hall–Kier alpha value is -0.690. The summed E-state index contributed by atoms with van der Waals surface area (Å²) in [5, 5.41) is 14.1. The summed E-state index contributed by atoms with van der Waals surface area (Å²) in [6.07, 6.45) is 7.55. The number of aliphatic hydroxyl groups is 1. The third-order valence-electron chi connectivity index (χ3n) is 4.11. The van der Waals surface area contributed by atoms with Crippen molar-refractivity contribution < 1.29 is 18.3 Å². The molecule has 21 heavy (non-hydrogen) atoms. The number of hydrogen-bond acceptors (Lipinski definition) is 5. The molecule has 0 aromatic rings. The van der Waals surface area contributed by atoms with Crippen LogP contribution in [0.5, 0.6) is 0 Å². The van der Waals surface area contributed by atoms with Gasteiger partial charge in [-0.1, -0.05) is 25.2 Å². The van der Waals surface area contributed by atoms with Crippen LogP contribution in [-0.2, 0) is 14.6 Å². The van der Waals surface area contributed by atoms with Crippen molar-refractivity contribution in [2.24, 2.45) is 11.8 Å². The van der Waals surface area contributed by atoms with Gasteiger partial charge in [-0.25, -0.2) is 8.42 Å². The SMILES string of the molecule is CC1CC=CCC1COCC(O)CNC1C=CS(=O)(=O)C1. The van der Waals surface area contributed by atoms with E-state index in [0.29, 0.717) is 25.0 Å². The molecule has 1 heterocycles. The number of allylic oxidation sites excluding steroid dienone is 2. The van der Waals surface area contributed by atoms with Gasteiger partial charge in [-0.15, -0.1) is 0 Å². The van der Waals surface area contributed by atoms with Gasteiger partial charge in [0.25, 0.3) is 0 Å². The van der Waals surface area contributed by atoms with Gasteiger partial charge in [-0.3, -0.25) is 0 Å². The molecule has 120 valence electrons. The minimum Gasteiger partial charge on any atom is -0.389 e. The topological polar surface area (TPSA) is 75.6 Å². The lowest BCUT2D eigenvalue weighted by Gasteiger charge is -2.25. The molecule has 0 bridgehead atoms. The van der Waals surface area contributed by atoms with Crippen LogP contribution in [0.25, 0.3) is 0 Å². The zero-order chi connectivity index (χ0) is 15.3. The van der Waals surface area contributed by atoms with E-state index in [-0.39, 0.29) is 18.4 Å². The zero-order valence-electron chi connectivity index (χ0n) is 12.4. The number of nitrogens with one attached hydrogen (secondary N) is 1. The largest absolute Gasteiger partial charge is 0.389 e. The summed E-state index contributed by atoms with van der Waals surface area (Å²) in [5.41, 5.74) is 0. The minimum absolute atomic E-state index is 0.0759. The molecular weight excluding hydrogens is 290 g/mol. The van der Waals surface area contributed by atoms with Gasteiger partial charge in [-0.2, -0.15) is 0 Å². The first kappa shape index (κ1) is 16.7. The van der Waals surface area contributed by atoms with Crippen LogP contribution < -0.4 is 5.32 Å². The molecule has 0 aromatic heterocycles. The third-order valence-corrected chi connectivity index (χ3v) is 5.50. The molecule has 1 aliphatic carbocycles. The highest BCUT2D eigenvalue weighted by Crippen LogP contribution is 2.24. The van der Waals surface area contributed by atoms with Gasteiger partial charge in [0.15, 0.2) is 9.84 Å². The molecule has 0 fully saturated rings. The lowest BCUT2D eigenvalue weighted by molar-refractivity contribution is 0.0125. The number of sulfone groups is 1. The molecule has 1 aliphatic heterocycles. The monoisotopic (exact) mass is 315 g/mol. The van der Waals surface area contributed by atoms with Crippen molar-refractivity contribution in [1.29, 1.82) is 0 Å². The molecule has 0 saturated heterocycles. The molecular formula is C15H25NO4S. The van der Waals surface area contributed by atoms with E-state index in [9.17, 15) is 13.5 Å². The Kier molecular flexibility index (Phi) is 5.98. The molecule has 0 saturated carbocycles. The molecule has 0 radical (unpaired) electrons. The van der Waals surface area contributed by atoms with Crippen molar-refractivity contribution in [2.45, 2.75) is 31.9 Å². The highest BCUT2D eigenvalue weighted by atomic mass is 32.2. The van der Waals surface area contributed by atoms with E-state index < -0.39 is 15.9 Å². The van der Waals surface area contributed by atoms with Crippen molar-refractivity contribution in [1.82, 2.24) is 5.32 Å². The normalized spacial score (nSPS) is 32.4. The van der Waals surface area contributed by atoms with E-state index in [2.05, 4.69) is 24.4 Å². The molecule has 4 unspecified atom stereocenters. The highest BCUT2D eigenvalue weighted by molar-refractivity contribution is 7.94. The molecule has 2 N–H and O–H groups in total. The van der Waals surface area contributed by atoms with Gasteiger partial charge in [0.1, 0.15) is 0 Å². The molecule has 2 rings (SSSR count).